The van der Waals surface area contributed by atoms with E-state index in [0.717, 1.165) is 40.7 Å². The van der Waals surface area contributed by atoms with Crippen LogP contribution in [0, 0.1) is 13.8 Å². The van der Waals surface area contributed by atoms with Crippen LogP contribution in [0.2, 0.25) is 0 Å². The Morgan fingerprint density at radius 3 is 1.16 bits per heavy atom. The smallest absolute Gasteiger partial charge is 0.0464 e. The van der Waals surface area contributed by atoms with E-state index in [9.17, 15) is 0 Å². The van der Waals surface area contributed by atoms with Crippen LogP contribution >= 0.6 is 0 Å². The average molecular weight is 587 g/mol. The molecule has 4 nitrogen and oxygen atoms in total. The molecule has 45 heavy (non-hydrogen) atoms. The van der Waals surface area contributed by atoms with Gasteiger partial charge in [0.15, 0.2) is 0 Å². The summed E-state index contributed by atoms with van der Waals surface area (Å²) in [5.74, 6) is 0. The summed E-state index contributed by atoms with van der Waals surface area (Å²) in [5.41, 5.74) is 17.4. The third-order valence-corrected chi connectivity index (χ3v) is 7.66. The summed E-state index contributed by atoms with van der Waals surface area (Å²) in [7, 11) is 0. The van der Waals surface area contributed by atoms with Crippen molar-refractivity contribution in [2.75, 3.05) is 16.3 Å². The van der Waals surface area contributed by atoms with Crippen molar-refractivity contribution in [3.05, 3.63) is 181 Å². The zero-order valence-corrected chi connectivity index (χ0v) is 25.8. The summed E-state index contributed by atoms with van der Waals surface area (Å²) in [6.07, 6.45) is 3.89. The number of hydrogen-bond donors (Lipinski definition) is 2. The highest BCUT2D eigenvalue weighted by molar-refractivity contribution is 5.80. The van der Waals surface area contributed by atoms with Crippen molar-refractivity contribution >= 4 is 34.1 Å². The van der Waals surface area contributed by atoms with Gasteiger partial charge in [0.25, 0.3) is 0 Å². The average Bonchev–Trinajstić information content (AvgIpc) is 3.68. The predicted octanol–water partition coefficient (Wildman–Crippen LogP) is 10.5. The molecule has 0 radical (unpaired) electrons. The molecule has 6 aromatic rings. The maximum absolute atomic E-state index is 2.86. The number of anilines is 6. The molecule has 7 rings (SSSR count). The summed E-state index contributed by atoms with van der Waals surface area (Å²) in [5, 5.41) is 0. The lowest BCUT2D eigenvalue weighted by molar-refractivity contribution is 0.727. The maximum Gasteiger partial charge on any atom is 0.0464 e. The molecule has 222 valence electrons. The lowest BCUT2D eigenvalue weighted by Gasteiger charge is -2.26. The molecule has 0 atom stereocenters. The van der Waals surface area contributed by atoms with Crippen LogP contribution in [-0.2, 0) is 0 Å². The second-order valence-corrected chi connectivity index (χ2v) is 11.0. The van der Waals surface area contributed by atoms with Gasteiger partial charge in [0.1, 0.15) is 0 Å². The molecule has 0 amide bonds. The van der Waals surface area contributed by atoms with E-state index in [2.05, 4.69) is 192 Å². The first-order chi connectivity index (χ1) is 22.2. The summed E-state index contributed by atoms with van der Waals surface area (Å²) < 4.78 is 0. The van der Waals surface area contributed by atoms with Crippen LogP contribution < -0.4 is 20.7 Å². The summed E-state index contributed by atoms with van der Waals surface area (Å²) in [6.45, 7) is 5.23. The van der Waals surface area contributed by atoms with Gasteiger partial charge in [-0.25, -0.2) is 5.43 Å². The number of nitrogens with zero attached hydrogens (tertiary/aromatic N) is 2. The zero-order chi connectivity index (χ0) is 30.8. The van der Waals surface area contributed by atoms with Gasteiger partial charge in [-0.3, -0.25) is 0 Å². The molecule has 1 aliphatic heterocycles. The quantitative estimate of drug-likeness (QED) is 0.195. The van der Waals surface area contributed by atoms with E-state index < -0.39 is 0 Å². The molecular weight excluding hydrogens is 548 g/mol. The molecule has 6 aromatic carbocycles. The molecule has 0 bridgehead atoms. The predicted molar refractivity (Wildman–Crippen MR) is 191 cm³/mol. The van der Waals surface area contributed by atoms with Gasteiger partial charge in [0.05, 0.1) is 0 Å². The minimum Gasteiger partial charge on any atom is -0.329 e. The largest absolute Gasteiger partial charge is 0.329 e. The molecule has 0 spiro atoms. The standard InChI is InChI=1S/C38H32N2.C3H6N2/c1-29-11-9-17-37(27-29)39(33-13-5-3-6-14-33)35-23-19-31(20-24-35)32-21-25-36(26-22-32)40(34-15-7-4-8-16-34)38-18-10-12-30(2)28-38;1-2-4-5-3-1/h3-28H,1-2H3;1-2,4-5H,3H2. The Morgan fingerprint density at radius 2 is 0.822 bits per heavy atom. The van der Waals surface area contributed by atoms with Crippen LogP contribution in [0.15, 0.2) is 170 Å². The Balaban J connectivity index is 0.000000652. The Kier molecular flexibility index (Phi) is 9.35. The number of hydrazine groups is 1. The van der Waals surface area contributed by atoms with Gasteiger partial charge in [0.2, 0.25) is 0 Å². The fourth-order valence-electron chi connectivity index (χ4n) is 5.48. The first kappa shape index (κ1) is 29.5. The number of para-hydroxylation sites is 2. The Morgan fingerprint density at radius 1 is 0.422 bits per heavy atom. The van der Waals surface area contributed by atoms with Crippen molar-refractivity contribution in [2.45, 2.75) is 13.8 Å². The highest BCUT2D eigenvalue weighted by atomic mass is 15.4. The molecule has 0 aromatic heterocycles. The van der Waals surface area contributed by atoms with Crippen LogP contribution in [0.5, 0.6) is 0 Å². The number of hydrogen-bond acceptors (Lipinski definition) is 4. The number of aryl methyl sites for hydroxylation is 2. The molecule has 1 heterocycles. The van der Waals surface area contributed by atoms with Crippen molar-refractivity contribution in [3.63, 3.8) is 0 Å². The van der Waals surface area contributed by atoms with Gasteiger partial charge in [-0.2, -0.15) is 0 Å². The summed E-state index contributed by atoms with van der Waals surface area (Å²) in [4.78, 5) is 4.61. The molecule has 0 unspecified atom stereocenters. The van der Waals surface area contributed by atoms with Crippen molar-refractivity contribution in [1.29, 1.82) is 0 Å². The second kappa shape index (κ2) is 14.3. The summed E-state index contributed by atoms with van der Waals surface area (Å²) >= 11 is 0. The molecule has 0 fully saturated rings. The lowest BCUT2D eigenvalue weighted by Crippen LogP contribution is -2.19. The van der Waals surface area contributed by atoms with Crippen LogP contribution in [-0.4, -0.2) is 6.54 Å². The molecule has 1 aliphatic rings. The van der Waals surface area contributed by atoms with Gasteiger partial charge < -0.3 is 15.2 Å². The van der Waals surface area contributed by atoms with Crippen LogP contribution in [0.4, 0.5) is 34.1 Å². The Bertz CT molecular complexity index is 1690. The van der Waals surface area contributed by atoms with Gasteiger partial charge in [-0.1, -0.05) is 91.0 Å². The molecule has 0 aliphatic carbocycles. The van der Waals surface area contributed by atoms with Crippen LogP contribution in [0.3, 0.4) is 0 Å². The molecule has 0 saturated heterocycles. The van der Waals surface area contributed by atoms with Crippen LogP contribution in [0.25, 0.3) is 11.1 Å². The topological polar surface area (TPSA) is 30.5 Å². The van der Waals surface area contributed by atoms with E-state index in [1.165, 1.54) is 22.3 Å². The van der Waals surface area contributed by atoms with Crippen LogP contribution in [0.1, 0.15) is 11.1 Å². The number of nitrogens with one attached hydrogen (secondary N) is 2. The van der Waals surface area contributed by atoms with E-state index in [-0.39, 0.29) is 0 Å². The van der Waals surface area contributed by atoms with E-state index >= 15 is 0 Å². The van der Waals surface area contributed by atoms with Crippen molar-refractivity contribution < 1.29 is 0 Å². The third-order valence-electron chi connectivity index (χ3n) is 7.66. The molecule has 4 heteroatoms. The van der Waals surface area contributed by atoms with Gasteiger partial charge in [0, 0.05) is 46.9 Å². The van der Waals surface area contributed by atoms with Crippen molar-refractivity contribution in [2.24, 2.45) is 0 Å². The van der Waals surface area contributed by atoms with Crippen molar-refractivity contribution in [3.8, 4) is 11.1 Å². The van der Waals surface area contributed by atoms with Gasteiger partial charge in [-0.05, 0) is 109 Å². The fraction of sp³-hybridized carbons (Fsp3) is 0.0732. The van der Waals surface area contributed by atoms with Gasteiger partial charge in [-0.15, -0.1) is 0 Å². The van der Waals surface area contributed by atoms with Crippen molar-refractivity contribution in [1.82, 2.24) is 10.9 Å². The Hall–Kier alpha value is -5.58. The van der Waals surface area contributed by atoms with E-state index in [4.69, 9.17) is 0 Å². The summed E-state index contributed by atoms with van der Waals surface area (Å²) in [6, 6.07) is 56.1. The first-order valence-corrected chi connectivity index (χ1v) is 15.3. The molecule has 0 saturated carbocycles. The zero-order valence-electron chi connectivity index (χ0n) is 25.8. The molecular formula is C41H38N4. The van der Waals surface area contributed by atoms with E-state index in [0.29, 0.717) is 0 Å². The third kappa shape index (κ3) is 7.32. The highest BCUT2D eigenvalue weighted by Gasteiger charge is 2.14. The lowest BCUT2D eigenvalue weighted by atomic mass is 10.0. The maximum atomic E-state index is 2.86. The monoisotopic (exact) mass is 586 g/mol. The van der Waals surface area contributed by atoms with E-state index in [1.807, 2.05) is 12.3 Å². The number of rotatable bonds is 7. The normalized spacial score (nSPS) is 11.7. The highest BCUT2D eigenvalue weighted by Crippen LogP contribution is 2.38. The second-order valence-electron chi connectivity index (χ2n) is 11.0. The minimum atomic E-state index is 0.958. The minimum absolute atomic E-state index is 0.958. The molecule has 2 N–H and O–H groups in total. The van der Waals surface area contributed by atoms with Gasteiger partial charge >= 0.3 is 0 Å². The SMILES string of the molecule is C1=CNNC1.Cc1cccc(N(c2ccccc2)c2ccc(-c3ccc(N(c4ccccc4)c4cccc(C)c4)cc3)cc2)c1. The first-order valence-electron chi connectivity index (χ1n) is 15.3. The fourth-order valence-corrected chi connectivity index (χ4v) is 5.48. The van der Waals surface area contributed by atoms with E-state index in [1.54, 1.807) is 0 Å². The number of benzene rings is 6. The Labute approximate surface area is 266 Å².